The van der Waals surface area contributed by atoms with Crippen LogP contribution in [0.4, 0.5) is 5.69 Å². The minimum absolute atomic E-state index is 0.141. The van der Waals surface area contributed by atoms with Crippen LogP contribution in [0.25, 0.3) is 0 Å². The maximum atomic E-state index is 12.4. The van der Waals surface area contributed by atoms with Crippen molar-refractivity contribution in [3.8, 4) is 5.75 Å². The zero-order valence-corrected chi connectivity index (χ0v) is 15.5. The number of hydrogen-bond donors (Lipinski definition) is 1. The van der Waals surface area contributed by atoms with Gasteiger partial charge >= 0.3 is 0 Å². The van der Waals surface area contributed by atoms with E-state index < -0.39 is 0 Å². The Labute approximate surface area is 155 Å². The first kappa shape index (κ1) is 17.5. The number of ether oxygens (including phenoxy) is 1. The third-order valence-electron chi connectivity index (χ3n) is 3.73. The van der Waals surface area contributed by atoms with Crippen molar-refractivity contribution in [1.29, 1.82) is 0 Å². The highest BCUT2D eigenvalue weighted by atomic mass is 35.5. The Morgan fingerprint density at radius 3 is 2.96 bits per heavy atom. The molecule has 5 nitrogen and oxygen atoms in total. The molecule has 25 heavy (non-hydrogen) atoms. The molecule has 130 valence electrons. The largest absolute Gasteiger partial charge is 0.489 e. The van der Waals surface area contributed by atoms with Gasteiger partial charge < -0.3 is 10.1 Å². The van der Waals surface area contributed by atoms with Crippen LogP contribution in [0.15, 0.2) is 41.9 Å². The SMILES string of the molecule is CCn1ncc(NC(=O)c2cc(COc3cccc(Cl)c3)cs2)c1C. The van der Waals surface area contributed by atoms with Crippen LogP contribution >= 0.6 is 22.9 Å². The average Bonchev–Trinajstić information content (AvgIpc) is 3.21. The van der Waals surface area contributed by atoms with Crippen molar-refractivity contribution in [3.63, 3.8) is 0 Å². The highest BCUT2D eigenvalue weighted by Crippen LogP contribution is 2.22. The smallest absolute Gasteiger partial charge is 0.265 e. The van der Waals surface area contributed by atoms with Gasteiger partial charge in [0.1, 0.15) is 12.4 Å². The maximum Gasteiger partial charge on any atom is 0.265 e. The number of carbonyl (C=O) groups excluding carboxylic acids is 1. The molecule has 0 saturated carbocycles. The van der Waals surface area contributed by atoms with Gasteiger partial charge in [-0.25, -0.2) is 0 Å². The van der Waals surface area contributed by atoms with Gasteiger partial charge in [-0.3, -0.25) is 9.48 Å². The third-order valence-corrected chi connectivity index (χ3v) is 4.94. The lowest BCUT2D eigenvalue weighted by atomic mass is 10.3. The van der Waals surface area contributed by atoms with Gasteiger partial charge in [0, 0.05) is 17.1 Å². The fourth-order valence-corrected chi connectivity index (χ4v) is 3.34. The molecule has 0 atom stereocenters. The molecule has 7 heteroatoms. The van der Waals surface area contributed by atoms with Gasteiger partial charge in [0.05, 0.1) is 22.5 Å². The molecule has 0 unspecified atom stereocenters. The number of halogens is 1. The van der Waals surface area contributed by atoms with Gasteiger partial charge in [0.15, 0.2) is 0 Å². The predicted octanol–water partition coefficient (Wildman–Crippen LogP) is 4.76. The number of aryl methyl sites for hydroxylation is 1. The summed E-state index contributed by atoms with van der Waals surface area (Å²) in [6.07, 6.45) is 1.67. The van der Waals surface area contributed by atoms with Crippen molar-refractivity contribution in [2.24, 2.45) is 0 Å². The highest BCUT2D eigenvalue weighted by molar-refractivity contribution is 7.12. The Morgan fingerprint density at radius 1 is 1.40 bits per heavy atom. The van der Waals surface area contributed by atoms with Crippen LogP contribution in [0.1, 0.15) is 27.9 Å². The molecule has 1 amide bonds. The van der Waals surface area contributed by atoms with Crippen molar-refractivity contribution in [2.45, 2.75) is 27.0 Å². The summed E-state index contributed by atoms with van der Waals surface area (Å²) in [4.78, 5) is 13.0. The molecule has 0 saturated heterocycles. The summed E-state index contributed by atoms with van der Waals surface area (Å²) in [5.74, 6) is 0.560. The number of nitrogens with zero attached hydrogens (tertiary/aromatic N) is 2. The number of benzene rings is 1. The Balaban J connectivity index is 1.62. The van der Waals surface area contributed by atoms with E-state index in [0.29, 0.717) is 22.3 Å². The Hall–Kier alpha value is -2.31. The lowest BCUT2D eigenvalue weighted by molar-refractivity contribution is 0.103. The summed E-state index contributed by atoms with van der Waals surface area (Å²) < 4.78 is 7.54. The summed E-state index contributed by atoms with van der Waals surface area (Å²) in [5.41, 5.74) is 2.62. The van der Waals surface area contributed by atoms with Crippen molar-refractivity contribution in [2.75, 3.05) is 5.32 Å². The molecule has 2 aromatic heterocycles. The molecule has 0 aliphatic rings. The van der Waals surface area contributed by atoms with E-state index in [2.05, 4.69) is 10.4 Å². The van der Waals surface area contributed by atoms with Crippen LogP contribution in [-0.4, -0.2) is 15.7 Å². The van der Waals surface area contributed by atoms with E-state index >= 15 is 0 Å². The van der Waals surface area contributed by atoms with Gasteiger partial charge in [-0.2, -0.15) is 5.10 Å². The van der Waals surface area contributed by atoms with E-state index in [0.717, 1.165) is 23.5 Å². The van der Waals surface area contributed by atoms with Crippen LogP contribution in [0.2, 0.25) is 5.02 Å². The second-order valence-electron chi connectivity index (χ2n) is 5.48. The number of anilines is 1. The van der Waals surface area contributed by atoms with Crippen molar-refractivity contribution in [3.05, 3.63) is 63.1 Å². The lowest BCUT2D eigenvalue weighted by Gasteiger charge is -2.05. The van der Waals surface area contributed by atoms with E-state index in [1.807, 2.05) is 42.1 Å². The maximum absolute atomic E-state index is 12.4. The molecule has 0 bridgehead atoms. The van der Waals surface area contributed by atoms with Crippen molar-refractivity contribution < 1.29 is 9.53 Å². The molecule has 0 fully saturated rings. The summed E-state index contributed by atoms with van der Waals surface area (Å²) in [7, 11) is 0. The molecular weight excluding hydrogens is 358 g/mol. The lowest BCUT2D eigenvalue weighted by Crippen LogP contribution is -2.11. The van der Waals surface area contributed by atoms with E-state index in [1.54, 1.807) is 18.3 Å². The van der Waals surface area contributed by atoms with Crippen LogP contribution in [0, 0.1) is 6.92 Å². The van der Waals surface area contributed by atoms with Crippen molar-refractivity contribution in [1.82, 2.24) is 9.78 Å². The van der Waals surface area contributed by atoms with E-state index in [9.17, 15) is 4.79 Å². The molecule has 0 radical (unpaired) electrons. The molecule has 3 aromatic rings. The molecule has 0 aliphatic carbocycles. The number of thiophene rings is 1. The van der Waals surface area contributed by atoms with Gasteiger partial charge in [0.25, 0.3) is 5.91 Å². The zero-order valence-electron chi connectivity index (χ0n) is 14.0. The third kappa shape index (κ3) is 4.21. The standard InChI is InChI=1S/C18H18ClN3O2S/c1-3-22-12(2)16(9-20-22)21-18(23)17-7-13(11-25-17)10-24-15-6-4-5-14(19)8-15/h4-9,11H,3,10H2,1-2H3,(H,21,23). The molecule has 1 aromatic carbocycles. The van der Waals surface area contributed by atoms with Gasteiger partial charge in [-0.05, 0) is 43.5 Å². The first-order chi connectivity index (χ1) is 12.1. The Bertz CT molecular complexity index is 888. The average molecular weight is 376 g/mol. The molecule has 3 rings (SSSR count). The number of rotatable bonds is 6. The van der Waals surface area contributed by atoms with Gasteiger partial charge in [-0.15, -0.1) is 11.3 Å². The highest BCUT2D eigenvalue weighted by Gasteiger charge is 2.13. The second-order valence-corrected chi connectivity index (χ2v) is 6.83. The molecular formula is C18H18ClN3O2S. The fraction of sp³-hybridized carbons (Fsp3) is 0.222. The number of hydrogen-bond acceptors (Lipinski definition) is 4. The van der Waals surface area contributed by atoms with Gasteiger partial charge in [-0.1, -0.05) is 17.7 Å². The minimum Gasteiger partial charge on any atom is -0.489 e. The first-order valence-corrected chi connectivity index (χ1v) is 9.12. The summed E-state index contributed by atoms with van der Waals surface area (Å²) in [6, 6.07) is 9.08. The monoisotopic (exact) mass is 375 g/mol. The van der Waals surface area contributed by atoms with Crippen LogP contribution in [0.3, 0.4) is 0 Å². The normalized spacial score (nSPS) is 10.7. The fourth-order valence-electron chi connectivity index (χ4n) is 2.37. The van der Waals surface area contributed by atoms with Gasteiger partial charge in [0.2, 0.25) is 0 Å². The summed E-state index contributed by atoms with van der Waals surface area (Å²) in [5, 5.41) is 9.69. The number of aromatic nitrogens is 2. The van der Waals surface area contributed by atoms with Crippen LogP contribution in [0.5, 0.6) is 5.75 Å². The van der Waals surface area contributed by atoms with E-state index in [4.69, 9.17) is 16.3 Å². The topological polar surface area (TPSA) is 56.2 Å². The predicted molar refractivity (Wildman–Crippen MR) is 101 cm³/mol. The minimum atomic E-state index is -0.141. The number of nitrogens with one attached hydrogen (secondary N) is 1. The summed E-state index contributed by atoms with van der Waals surface area (Å²) >= 11 is 7.32. The van der Waals surface area contributed by atoms with Crippen LogP contribution < -0.4 is 10.1 Å². The second kappa shape index (κ2) is 7.72. The molecule has 2 heterocycles. The van der Waals surface area contributed by atoms with E-state index in [-0.39, 0.29) is 5.91 Å². The summed E-state index contributed by atoms with van der Waals surface area (Å²) in [6.45, 7) is 5.10. The molecule has 0 aliphatic heterocycles. The number of carbonyl (C=O) groups is 1. The van der Waals surface area contributed by atoms with Crippen LogP contribution in [-0.2, 0) is 13.2 Å². The molecule has 1 N–H and O–H groups in total. The quantitative estimate of drug-likeness (QED) is 0.675. The molecule has 0 spiro atoms. The number of amides is 1. The Kier molecular flexibility index (Phi) is 5.40. The van der Waals surface area contributed by atoms with Crippen molar-refractivity contribution >= 4 is 34.5 Å². The zero-order chi connectivity index (χ0) is 17.8. The van der Waals surface area contributed by atoms with E-state index in [1.165, 1.54) is 11.3 Å². The Morgan fingerprint density at radius 2 is 2.24 bits per heavy atom. The first-order valence-electron chi connectivity index (χ1n) is 7.86.